The summed E-state index contributed by atoms with van der Waals surface area (Å²) in [6, 6.07) is -1.66. The Morgan fingerprint density at radius 1 is 0.291 bits per heavy atom. The van der Waals surface area contributed by atoms with E-state index in [0.29, 0.717) is 0 Å². The maximum Gasteiger partial charge on any atom is 3.00 e. The van der Waals surface area contributed by atoms with Crippen LogP contribution < -0.4 is 0 Å². The van der Waals surface area contributed by atoms with Gasteiger partial charge in [0.1, 0.15) is 30.4 Å². The molecule has 3 aromatic rings. The van der Waals surface area contributed by atoms with Crippen molar-refractivity contribution in [2.24, 2.45) is 0 Å². The van der Waals surface area contributed by atoms with Crippen LogP contribution in [0, 0.1) is 0 Å². The molecule has 0 unspecified atom stereocenters. The first-order chi connectivity index (χ1) is 23.4. The third kappa shape index (κ3) is 16.2. The Balaban J connectivity index is 0.000000788. The van der Waals surface area contributed by atoms with Crippen LogP contribution in [0.4, 0.5) is 79.0 Å². The Bertz CT molecular complexity index is 1830. The molecule has 0 aliphatic rings. The second kappa shape index (κ2) is 16.8. The predicted octanol–water partition coefficient (Wildman–Crippen LogP) is 7.50. The summed E-state index contributed by atoms with van der Waals surface area (Å²) >= 11 is 0. The second-order valence-electron chi connectivity index (χ2n) is 9.59. The summed E-state index contributed by atoms with van der Waals surface area (Å²) in [5.41, 5.74) is -11.1. The molecule has 0 heterocycles. The van der Waals surface area contributed by atoms with Crippen LogP contribution in [0.5, 0.6) is 0 Å². The van der Waals surface area contributed by atoms with Gasteiger partial charge in [-0.25, -0.2) is 25.3 Å². The number of rotatable bonds is 3. The first-order valence-corrected chi connectivity index (χ1v) is 16.4. The van der Waals surface area contributed by atoms with Gasteiger partial charge in [-0.15, -0.1) is 0 Å². The second-order valence-corrected chi connectivity index (χ2v) is 13.7. The smallest absolute Gasteiger partial charge is 0.744 e. The van der Waals surface area contributed by atoms with Crippen molar-refractivity contribution < 1.29 is 118 Å². The van der Waals surface area contributed by atoms with E-state index in [1.54, 1.807) is 0 Å². The van der Waals surface area contributed by atoms with Gasteiger partial charge < -0.3 is 13.7 Å². The van der Waals surface area contributed by atoms with Gasteiger partial charge in [0.15, 0.2) is 0 Å². The van der Waals surface area contributed by atoms with Crippen molar-refractivity contribution in [3.05, 3.63) is 88.0 Å². The van der Waals surface area contributed by atoms with E-state index < -0.39 is 115 Å². The van der Waals surface area contributed by atoms with Gasteiger partial charge in [0, 0.05) is 0 Å². The normalized spacial score (nSPS) is 13.5. The van der Waals surface area contributed by atoms with Gasteiger partial charge in [0.25, 0.3) is 0 Å². The molecular weight excluding hydrogens is 985 g/mol. The molecule has 0 aliphatic carbocycles. The van der Waals surface area contributed by atoms with Gasteiger partial charge in [0.05, 0.1) is 48.1 Å². The average molecular weight is 994 g/mol. The largest absolute Gasteiger partial charge is 3.00 e. The molecule has 55 heavy (non-hydrogen) atoms. The van der Waals surface area contributed by atoms with E-state index in [9.17, 15) is 118 Å². The molecule has 0 fully saturated rings. The van der Waals surface area contributed by atoms with Crippen LogP contribution in [0.3, 0.4) is 0 Å². The van der Waals surface area contributed by atoms with Crippen LogP contribution in [0.15, 0.2) is 69.3 Å². The molecule has 0 bridgehead atoms. The summed E-state index contributed by atoms with van der Waals surface area (Å²) in [6.45, 7) is 0. The van der Waals surface area contributed by atoms with Crippen molar-refractivity contribution in [1.29, 1.82) is 0 Å². The topological polar surface area (TPSA) is 172 Å². The Labute approximate surface area is 313 Å². The van der Waals surface area contributed by atoms with E-state index in [4.69, 9.17) is 0 Å². The van der Waals surface area contributed by atoms with Crippen molar-refractivity contribution >= 4 is 56.2 Å². The van der Waals surface area contributed by atoms with Crippen LogP contribution in [-0.4, -0.2) is 64.8 Å². The van der Waals surface area contributed by atoms with Crippen molar-refractivity contribution in [1.82, 2.24) is 0 Å². The summed E-state index contributed by atoms with van der Waals surface area (Å²) in [7, 11) is -16.3. The minimum atomic E-state index is -5.42. The molecule has 31 heteroatoms. The Kier molecular flexibility index (Phi) is 15.9. The minimum Gasteiger partial charge on any atom is -0.744 e. The number of halogens is 18. The molecule has 3 aromatic carbocycles. The quantitative estimate of drug-likeness (QED) is 0.190. The zero-order chi connectivity index (χ0) is 43.1. The molecule has 0 N–H and O–H groups in total. The van der Waals surface area contributed by atoms with Gasteiger partial charge in [-0.2, -0.15) is 79.0 Å². The zero-order valence-electron chi connectivity index (χ0n) is 25.0. The summed E-state index contributed by atoms with van der Waals surface area (Å²) < 4.78 is 315. The number of alkyl halides is 18. The van der Waals surface area contributed by atoms with Gasteiger partial charge in [-0.3, -0.25) is 0 Å². The first kappa shape index (κ1) is 52.0. The Morgan fingerprint density at radius 3 is 0.473 bits per heavy atom. The fraction of sp³-hybridized carbons (Fsp3) is 0.250. The number of hydrogen-bond acceptors (Lipinski definition) is 9. The first-order valence-electron chi connectivity index (χ1n) is 12.2. The van der Waals surface area contributed by atoms with Gasteiger partial charge in [-0.1, -0.05) is 0 Å². The monoisotopic (exact) mass is 994 g/mol. The molecule has 0 atom stereocenters. The van der Waals surface area contributed by atoms with Crippen LogP contribution >= 0.6 is 0 Å². The zero-order valence-corrected chi connectivity index (χ0v) is 30.7. The maximum atomic E-state index is 12.3. The third-order valence-electron chi connectivity index (χ3n) is 5.55. The van der Waals surface area contributed by atoms with Gasteiger partial charge >= 0.3 is 62.9 Å². The standard InChI is InChI=1S/3C8H4F6O3S.In/c3*9-7(10,11)4-1-5(8(12,13)14)3-6(2-4)18(15,16)17;/h3*1-3H,(H,15,16,17);/q;;;+3/p-3. The molecule has 0 radical (unpaired) electrons. The predicted molar refractivity (Wildman–Crippen MR) is 139 cm³/mol. The summed E-state index contributed by atoms with van der Waals surface area (Å²) in [6.07, 6.45) is -31.2. The molecule has 0 aromatic heterocycles. The molecule has 0 spiro atoms. The summed E-state index contributed by atoms with van der Waals surface area (Å²) in [5, 5.41) is 0. The summed E-state index contributed by atoms with van der Waals surface area (Å²) in [4.78, 5) is -4.74. The number of hydrogen-bond donors (Lipinski definition) is 0. The van der Waals surface area contributed by atoms with Gasteiger partial charge in [-0.05, 0) is 54.6 Å². The third-order valence-corrected chi connectivity index (χ3v) is 7.99. The molecule has 0 amide bonds. The fourth-order valence-electron chi connectivity index (χ4n) is 3.21. The van der Waals surface area contributed by atoms with E-state index in [-0.39, 0.29) is 80.4 Å². The average Bonchev–Trinajstić information content (AvgIpc) is 2.93. The van der Waals surface area contributed by atoms with E-state index in [1.165, 1.54) is 0 Å². The molecule has 0 saturated carbocycles. The molecule has 0 saturated heterocycles. The fourth-order valence-corrected chi connectivity index (χ4v) is 4.84. The number of benzene rings is 3. The molecule has 9 nitrogen and oxygen atoms in total. The minimum absolute atomic E-state index is 0. The Hall–Kier alpha value is -3.00. The Morgan fingerprint density at radius 2 is 0.400 bits per heavy atom. The van der Waals surface area contributed by atoms with Crippen molar-refractivity contribution in [3.63, 3.8) is 0 Å². The van der Waals surface area contributed by atoms with E-state index in [0.717, 1.165) is 0 Å². The van der Waals surface area contributed by atoms with Crippen LogP contribution in [0.1, 0.15) is 33.4 Å². The van der Waals surface area contributed by atoms with Crippen molar-refractivity contribution in [2.75, 3.05) is 0 Å². The van der Waals surface area contributed by atoms with Crippen molar-refractivity contribution in [2.45, 2.75) is 51.7 Å². The van der Waals surface area contributed by atoms with E-state index >= 15 is 0 Å². The maximum absolute atomic E-state index is 12.3. The summed E-state index contributed by atoms with van der Waals surface area (Å²) in [5.74, 6) is 0. The molecule has 306 valence electrons. The van der Waals surface area contributed by atoms with Crippen LogP contribution in [-0.2, 0) is 67.4 Å². The molecular formula is C24H9F18InO9S3. The molecule has 3 rings (SSSR count). The molecule has 0 aliphatic heterocycles. The van der Waals surface area contributed by atoms with Crippen molar-refractivity contribution in [3.8, 4) is 0 Å². The van der Waals surface area contributed by atoms with Gasteiger partial charge in [0.2, 0.25) is 0 Å². The van der Waals surface area contributed by atoms with Crippen LogP contribution in [0.2, 0.25) is 0 Å². The van der Waals surface area contributed by atoms with E-state index in [1.807, 2.05) is 0 Å². The van der Waals surface area contributed by atoms with Crippen LogP contribution in [0.25, 0.3) is 0 Å². The van der Waals surface area contributed by atoms with E-state index in [2.05, 4.69) is 0 Å². The SMILES string of the molecule is O=S(=O)([O-])c1cc(C(F)(F)F)cc(C(F)(F)F)c1.O=S(=O)([O-])c1cc(C(F)(F)F)cc(C(F)(F)F)c1.O=S(=O)([O-])c1cc(C(F)(F)F)cc(C(F)(F)F)c1.[In+3].